The summed E-state index contributed by atoms with van der Waals surface area (Å²) in [5.41, 5.74) is 2.31. The van der Waals surface area contributed by atoms with Crippen molar-refractivity contribution in [3.8, 4) is 0 Å². The van der Waals surface area contributed by atoms with Crippen molar-refractivity contribution in [3.63, 3.8) is 0 Å². The van der Waals surface area contributed by atoms with E-state index in [0.717, 1.165) is 36.0 Å². The normalized spacial score (nSPS) is 46.3. The van der Waals surface area contributed by atoms with Gasteiger partial charge >= 0.3 is 5.97 Å². The molecule has 0 bridgehead atoms. The number of esters is 1. The van der Waals surface area contributed by atoms with Crippen molar-refractivity contribution < 1.29 is 9.53 Å². The number of benzene rings is 1. The maximum absolute atomic E-state index is 11.7. The Labute approximate surface area is 176 Å². The summed E-state index contributed by atoms with van der Waals surface area (Å²) >= 11 is 0. The molecule has 0 aromatic heterocycles. The van der Waals surface area contributed by atoms with Crippen molar-refractivity contribution in [3.05, 3.63) is 35.9 Å². The van der Waals surface area contributed by atoms with Crippen LogP contribution in [0.5, 0.6) is 0 Å². The van der Waals surface area contributed by atoms with E-state index >= 15 is 0 Å². The lowest BCUT2D eigenvalue weighted by Gasteiger charge is -2.61. The molecule has 8 atom stereocenters. The molecule has 158 valence electrons. The van der Waals surface area contributed by atoms with Crippen LogP contribution in [-0.4, -0.2) is 12.1 Å². The van der Waals surface area contributed by atoms with E-state index in [-0.39, 0.29) is 17.5 Å². The van der Waals surface area contributed by atoms with Gasteiger partial charge < -0.3 is 4.74 Å². The second-order valence-corrected chi connectivity index (χ2v) is 11.3. The van der Waals surface area contributed by atoms with Gasteiger partial charge in [-0.05, 0) is 98.4 Å². The van der Waals surface area contributed by atoms with E-state index in [1.807, 2.05) is 0 Å². The molecular weight excluding hydrogens is 356 g/mol. The Hall–Kier alpha value is -1.31. The highest BCUT2D eigenvalue weighted by Crippen LogP contribution is 2.67. The number of carbonyl (C=O) groups is 1. The van der Waals surface area contributed by atoms with Crippen LogP contribution in [0.2, 0.25) is 0 Å². The molecule has 4 aliphatic rings. The molecule has 5 rings (SSSR count). The van der Waals surface area contributed by atoms with Gasteiger partial charge in [-0.25, -0.2) is 0 Å². The predicted octanol–water partition coefficient (Wildman–Crippen LogP) is 6.74. The van der Waals surface area contributed by atoms with Gasteiger partial charge in [0, 0.05) is 12.3 Å². The van der Waals surface area contributed by atoms with Gasteiger partial charge in [-0.15, -0.1) is 0 Å². The summed E-state index contributed by atoms with van der Waals surface area (Å²) in [7, 11) is 0. The van der Waals surface area contributed by atoms with E-state index in [4.69, 9.17) is 4.74 Å². The van der Waals surface area contributed by atoms with E-state index in [0.29, 0.717) is 5.41 Å². The van der Waals surface area contributed by atoms with Gasteiger partial charge in [0.15, 0.2) is 0 Å². The Morgan fingerprint density at radius 3 is 2.38 bits per heavy atom. The van der Waals surface area contributed by atoms with Crippen LogP contribution in [0.3, 0.4) is 0 Å². The average molecular weight is 395 g/mol. The summed E-state index contributed by atoms with van der Waals surface area (Å²) in [6.45, 7) is 6.67. The van der Waals surface area contributed by atoms with Crippen molar-refractivity contribution in [2.75, 3.05) is 0 Å². The first-order valence-electron chi connectivity index (χ1n) is 12.1. The highest BCUT2D eigenvalue weighted by Gasteiger charge is 2.61. The lowest BCUT2D eigenvalue weighted by atomic mass is 9.44. The SMILES string of the molecule is CC(=O)OC1CCC2C3CCC4CC(c5ccccc5)CCC4(C)C3CCC12C. The van der Waals surface area contributed by atoms with Crippen molar-refractivity contribution in [2.24, 2.45) is 34.5 Å². The Bertz CT molecular complexity index is 757. The summed E-state index contributed by atoms with van der Waals surface area (Å²) in [6.07, 6.45) is 12.1. The van der Waals surface area contributed by atoms with Crippen molar-refractivity contribution in [2.45, 2.75) is 90.6 Å². The lowest BCUT2D eigenvalue weighted by molar-refractivity contribution is -0.161. The fraction of sp³-hybridized carbons (Fsp3) is 0.741. The molecule has 29 heavy (non-hydrogen) atoms. The quantitative estimate of drug-likeness (QED) is 0.519. The molecule has 1 aromatic carbocycles. The molecule has 0 heterocycles. The number of fused-ring (bicyclic) bond motifs is 5. The lowest BCUT2D eigenvalue weighted by Crippen LogP contribution is -2.54. The minimum atomic E-state index is -0.0890. The first kappa shape index (κ1) is 19.6. The third-order valence-corrected chi connectivity index (χ3v) is 10.2. The van der Waals surface area contributed by atoms with Crippen molar-refractivity contribution in [1.82, 2.24) is 0 Å². The van der Waals surface area contributed by atoms with Crippen LogP contribution < -0.4 is 0 Å². The highest BCUT2D eigenvalue weighted by atomic mass is 16.5. The highest BCUT2D eigenvalue weighted by molar-refractivity contribution is 5.66. The second-order valence-electron chi connectivity index (χ2n) is 11.3. The van der Waals surface area contributed by atoms with Gasteiger partial charge in [0.25, 0.3) is 0 Å². The molecular formula is C27H38O2. The molecule has 0 amide bonds. The topological polar surface area (TPSA) is 26.3 Å². The zero-order valence-corrected chi connectivity index (χ0v) is 18.5. The van der Waals surface area contributed by atoms with Crippen LogP contribution in [0.25, 0.3) is 0 Å². The van der Waals surface area contributed by atoms with Gasteiger partial charge in [-0.2, -0.15) is 0 Å². The van der Waals surface area contributed by atoms with Gasteiger partial charge in [0.2, 0.25) is 0 Å². The molecule has 4 aliphatic carbocycles. The molecule has 4 fully saturated rings. The smallest absolute Gasteiger partial charge is 0.302 e. The first-order chi connectivity index (χ1) is 13.9. The Balaban J connectivity index is 1.35. The molecule has 1 aromatic rings. The average Bonchev–Trinajstić information content (AvgIpc) is 3.04. The summed E-state index contributed by atoms with van der Waals surface area (Å²) in [4.78, 5) is 11.7. The van der Waals surface area contributed by atoms with Gasteiger partial charge in [-0.3, -0.25) is 4.79 Å². The molecule has 2 nitrogen and oxygen atoms in total. The number of hydrogen-bond acceptors (Lipinski definition) is 2. The molecule has 0 aliphatic heterocycles. The third-order valence-electron chi connectivity index (χ3n) is 10.2. The predicted molar refractivity (Wildman–Crippen MR) is 116 cm³/mol. The van der Waals surface area contributed by atoms with E-state index < -0.39 is 0 Å². The monoisotopic (exact) mass is 394 g/mol. The first-order valence-corrected chi connectivity index (χ1v) is 12.1. The van der Waals surface area contributed by atoms with Crippen LogP contribution in [0.4, 0.5) is 0 Å². The minimum Gasteiger partial charge on any atom is -0.462 e. The van der Waals surface area contributed by atoms with Crippen LogP contribution in [0.15, 0.2) is 30.3 Å². The van der Waals surface area contributed by atoms with Crippen LogP contribution in [0, 0.1) is 34.5 Å². The molecule has 0 saturated heterocycles. The molecule has 4 saturated carbocycles. The minimum absolute atomic E-state index is 0.0890. The van der Waals surface area contributed by atoms with Gasteiger partial charge in [-0.1, -0.05) is 44.2 Å². The second kappa shape index (κ2) is 7.13. The molecule has 2 heteroatoms. The van der Waals surface area contributed by atoms with Crippen molar-refractivity contribution in [1.29, 1.82) is 0 Å². The standard InChI is InChI=1S/C27H38O2/c1-18(28)29-25-12-11-23-22-10-9-21-17-20(19-7-5-4-6-8-19)13-15-26(21,2)24(22)14-16-27(23,25)3/h4-8,20-25H,9-17H2,1-3H3. The maximum Gasteiger partial charge on any atom is 0.302 e. The Morgan fingerprint density at radius 1 is 0.897 bits per heavy atom. The van der Waals surface area contributed by atoms with E-state index in [1.54, 1.807) is 12.5 Å². The fourth-order valence-corrected chi connectivity index (χ4v) is 8.63. The third kappa shape index (κ3) is 3.08. The molecule has 0 radical (unpaired) electrons. The fourth-order valence-electron chi connectivity index (χ4n) is 8.63. The van der Waals surface area contributed by atoms with Crippen LogP contribution >= 0.6 is 0 Å². The zero-order valence-electron chi connectivity index (χ0n) is 18.5. The van der Waals surface area contributed by atoms with E-state index in [2.05, 4.69) is 44.2 Å². The largest absolute Gasteiger partial charge is 0.462 e. The van der Waals surface area contributed by atoms with Crippen molar-refractivity contribution >= 4 is 5.97 Å². The summed E-state index contributed by atoms with van der Waals surface area (Å²) in [5, 5.41) is 0. The Kier molecular flexibility index (Phi) is 4.83. The zero-order chi connectivity index (χ0) is 20.2. The number of carbonyl (C=O) groups excluding carboxylic acids is 1. The maximum atomic E-state index is 11.7. The van der Waals surface area contributed by atoms with Gasteiger partial charge in [0.1, 0.15) is 6.10 Å². The Morgan fingerprint density at radius 2 is 1.62 bits per heavy atom. The number of ether oxygens (including phenoxy) is 1. The summed E-state index contributed by atoms with van der Waals surface area (Å²) < 4.78 is 5.82. The number of hydrogen-bond donors (Lipinski definition) is 0. The van der Waals surface area contributed by atoms with E-state index in [1.165, 1.54) is 51.4 Å². The van der Waals surface area contributed by atoms with Gasteiger partial charge in [0.05, 0.1) is 0 Å². The van der Waals surface area contributed by atoms with E-state index in [9.17, 15) is 4.79 Å². The molecule has 0 N–H and O–H groups in total. The number of rotatable bonds is 2. The summed E-state index contributed by atoms with van der Waals surface area (Å²) in [6, 6.07) is 11.3. The summed E-state index contributed by atoms with van der Waals surface area (Å²) in [5.74, 6) is 4.05. The molecule has 0 spiro atoms. The van der Waals surface area contributed by atoms with Crippen LogP contribution in [0.1, 0.15) is 90.0 Å². The molecule has 8 unspecified atom stereocenters. The van der Waals surface area contributed by atoms with Crippen LogP contribution in [-0.2, 0) is 9.53 Å².